The molecule has 166 valence electrons. The van der Waals surface area contributed by atoms with Crippen LogP contribution in [0, 0.1) is 0 Å². The predicted octanol–water partition coefficient (Wildman–Crippen LogP) is 4.21. The third-order valence-corrected chi connectivity index (χ3v) is 4.12. The number of methoxy groups -OCH3 is 3. The van der Waals surface area contributed by atoms with Crippen LogP contribution in [0.25, 0.3) is 0 Å². The van der Waals surface area contributed by atoms with Gasteiger partial charge in [-0.15, -0.1) is 24.0 Å². The van der Waals surface area contributed by atoms with Crippen LogP contribution >= 0.6 is 24.0 Å². The Labute approximate surface area is 190 Å². The van der Waals surface area contributed by atoms with Crippen molar-refractivity contribution in [3.8, 4) is 17.2 Å². The highest BCUT2D eigenvalue weighted by Gasteiger charge is 2.30. The molecule has 0 fully saturated rings. The van der Waals surface area contributed by atoms with E-state index in [2.05, 4.69) is 15.6 Å². The van der Waals surface area contributed by atoms with Crippen molar-refractivity contribution in [1.82, 2.24) is 10.6 Å². The van der Waals surface area contributed by atoms with Gasteiger partial charge in [0.25, 0.3) is 0 Å². The van der Waals surface area contributed by atoms with Crippen LogP contribution < -0.4 is 24.8 Å². The molecule has 0 saturated heterocycles. The van der Waals surface area contributed by atoms with Gasteiger partial charge in [-0.1, -0.05) is 12.1 Å². The summed E-state index contributed by atoms with van der Waals surface area (Å²) >= 11 is 0. The van der Waals surface area contributed by atoms with Gasteiger partial charge in [0.1, 0.15) is 0 Å². The first-order valence-corrected chi connectivity index (χ1v) is 8.72. The van der Waals surface area contributed by atoms with Crippen LogP contribution in [0.5, 0.6) is 17.2 Å². The largest absolute Gasteiger partial charge is 0.493 e. The second-order valence-corrected chi connectivity index (χ2v) is 6.01. The minimum atomic E-state index is -4.37. The van der Waals surface area contributed by atoms with Gasteiger partial charge >= 0.3 is 6.18 Å². The van der Waals surface area contributed by atoms with Gasteiger partial charge in [-0.2, -0.15) is 13.2 Å². The second-order valence-electron chi connectivity index (χ2n) is 6.01. The summed E-state index contributed by atoms with van der Waals surface area (Å²) in [4.78, 5) is 4.09. The van der Waals surface area contributed by atoms with Crippen molar-refractivity contribution in [2.75, 3.05) is 28.4 Å². The zero-order valence-corrected chi connectivity index (χ0v) is 19.4. The number of aliphatic imine (C=N–C) groups is 1. The highest BCUT2D eigenvalue weighted by atomic mass is 127. The number of benzene rings is 2. The summed E-state index contributed by atoms with van der Waals surface area (Å²) in [6.07, 6.45) is -4.37. The molecule has 0 radical (unpaired) electrons. The van der Waals surface area contributed by atoms with Crippen molar-refractivity contribution < 1.29 is 27.4 Å². The highest BCUT2D eigenvalue weighted by molar-refractivity contribution is 14.0. The van der Waals surface area contributed by atoms with E-state index in [-0.39, 0.29) is 30.5 Å². The minimum Gasteiger partial charge on any atom is -0.493 e. The summed E-state index contributed by atoms with van der Waals surface area (Å²) in [6, 6.07) is 8.75. The Balaban J connectivity index is 0.00000450. The first-order valence-electron chi connectivity index (χ1n) is 8.72. The first-order chi connectivity index (χ1) is 13.8. The third-order valence-electron chi connectivity index (χ3n) is 4.12. The van der Waals surface area contributed by atoms with E-state index in [9.17, 15) is 13.2 Å². The lowest BCUT2D eigenvalue weighted by Gasteiger charge is -2.16. The van der Waals surface area contributed by atoms with Gasteiger partial charge in [0, 0.05) is 20.1 Å². The smallest absolute Gasteiger partial charge is 0.416 e. The number of ether oxygens (including phenoxy) is 3. The van der Waals surface area contributed by atoms with Crippen LogP contribution in [0.3, 0.4) is 0 Å². The predicted molar refractivity (Wildman–Crippen MR) is 120 cm³/mol. The summed E-state index contributed by atoms with van der Waals surface area (Å²) in [5.74, 6) is 1.98. The number of hydrogen-bond donors (Lipinski definition) is 2. The number of hydrogen-bond acceptors (Lipinski definition) is 4. The maximum atomic E-state index is 12.8. The fourth-order valence-corrected chi connectivity index (χ4v) is 2.69. The van der Waals surface area contributed by atoms with Gasteiger partial charge in [0.05, 0.1) is 26.9 Å². The van der Waals surface area contributed by atoms with Crippen molar-refractivity contribution in [2.24, 2.45) is 4.99 Å². The molecule has 0 aromatic heterocycles. The van der Waals surface area contributed by atoms with Crippen LogP contribution in [0.2, 0.25) is 0 Å². The monoisotopic (exact) mass is 539 g/mol. The maximum Gasteiger partial charge on any atom is 0.416 e. The number of nitrogens with zero attached hydrogens (tertiary/aromatic N) is 1. The number of guanidine groups is 1. The van der Waals surface area contributed by atoms with Gasteiger partial charge in [-0.3, -0.25) is 4.99 Å². The molecule has 0 spiro atoms. The quantitative estimate of drug-likeness (QED) is 0.314. The Morgan fingerprint density at radius 1 is 0.900 bits per heavy atom. The van der Waals surface area contributed by atoms with E-state index in [1.807, 2.05) is 0 Å². The van der Waals surface area contributed by atoms with Crippen LogP contribution in [0.15, 0.2) is 41.4 Å². The van der Waals surface area contributed by atoms with E-state index in [1.165, 1.54) is 27.4 Å². The second kappa shape index (κ2) is 11.7. The van der Waals surface area contributed by atoms with Gasteiger partial charge in [-0.25, -0.2) is 0 Å². The molecule has 0 aliphatic heterocycles. The number of alkyl halides is 3. The lowest BCUT2D eigenvalue weighted by Crippen LogP contribution is -2.36. The SMILES string of the molecule is CN=C(NCc1cccc(C(F)(F)F)c1)NCc1cc(OC)c(OC)c(OC)c1.I. The van der Waals surface area contributed by atoms with E-state index in [1.54, 1.807) is 25.2 Å². The van der Waals surface area contributed by atoms with Crippen LogP contribution in [0.1, 0.15) is 16.7 Å². The van der Waals surface area contributed by atoms with Crippen molar-refractivity contribution >= 4 is 29.9 Å². The molecule has 2 aromatic carbocycles. The molecule has 0 unspecified atom stereocenters. The molecular formula is C20H25F3IN3O3. The Hall–Kier alpha value is -2.37. The van der Waals surface area contributed by atoms with Crippen LogP contribution in [-0.4, -0.2) is 34.3 Å². The average Bonchev–Trinajstić information content (AvgIpc) is 2.72. The summed E-state index contributed by atoms with van der Waals surface area (Å²) in [5.41, 5.74) is 0.661. The number of halogens is 4. The Bertz CT molecular complexity index is 836. The molecule has 0 saturated carbocycles. The molecule has 0 atom stereocenters. The molecule has 30 heavy (non-hydrogen) atoms. The van der Waals surface area contributed by atoms with Crippen LogP contribution in [0.4, 0.5) is 13.2 Å². The van der Waals surface area contributed by atoms with Crippen LogP contribution in [-0.2, 0) is 19.3 Å². The molecule has 2 aromatic rings. The summed E-state index contributed by atoms with van der Waals surface area (Å²) < 4.78 is 54.4. The minimum absolute atomic E-state index is 0. The van der Waals surface area contributed by atoms with Gasteiger partial charge in [0.2, 0.25) is 5.75 Å². The number of rotatable bonds is 7. The van der Waals surface area contributed by atoms with E-state index in [0.717, 1.165) is 17.7 Å². The fraction of sp³-hybridized carbons (Fsp3) is 0.350. The average molecular weight is 539 g/mol. The zero-order chi connectivity index (χ0) is 21.4. The van der Waals surface area contributed by atoms with Crippen molar-refractivity contribution in [1.29, 1.82) is 0 Å². The third kappa shape index (κ3) is 6.85. The molecule has 0 heterocycles. The summed E-state index contributed by atoms with van der Waals surface area (Å²) in [6.45, 7) is 0.581. The zero-order valence-electron chi connectivity index (χ0n) is 17.1. The summed E-state index contributed by atoms with van der Waals surface area (Å²) in [5, 5.41) is 6.10. The molecule has 6 nitrogen and oxygen atoms in total. The molecule has 0 amide bonds. The van der Waals surface area contributed by atoms with E-state index >= 15 is 0 Å². The molecule has 0 aliphatic carbocycles. The van der Waals surface area contributed by atoms with E-state index < -0.39 is 11.7 Å². The lowest BCUT2D eigenvalue weighted by molar-refractivity contribution is -0.137. The Morgan fingerprint density at radius 2 is 1.47 bits per heavy atom. The molecule has 2 rings (SSSR count). The molecule has 2 N–H and O–H groups in total. The Morgan fingerprint density at radius 3 is 1.93 bits per heavy atom. The maximum absolute atomic E-state index is 12.8. The highest BCUT2D eigenvalue weighted by Crippen LogP contribution is 2.38. The topological polar surface area (TPSA) is 64.1 Å². The fourth-order valence-electron chi connectivity index (χ4n) is 2.69. The molecule has 10 heteroatoms. The lowest BCUT2D eigenvalue weighted by atomic mass is 10.1. The first kappa shape index (κ1) is 25.7. The van der Waals surface area contributed by atoms with Crippen molar-refractivity contribution in [3.63, 3.8) is 0 Å². The van der Waals surface area contributed by atoms with Gasteiger partial charge < -0.3 is 24.8 Å². The summed E-state index contributed by atoms with van der Waals surface area (Å²) in [7, 11) is 6.17. The van der Waals surface area contributed by atoms with Gasteiger partial charge in [-0.05, 0) is 35.4 Å². The normalized spacial score (nSPS) is 11.4. The van der Waals surface area contributed by atoms with E-state index in [0.29, 0.717) is 35.3 Å². The Kier molecular flexibility index (Phi) is 10.0. The van der Waals surface area contributed by atoms with Crippen molar-refractivity contribution in [3.05, 3.63) is 53.1 Å². The van der Waals surface area contributed by atoms with Crippen molar-refractivity contribution in [2.45, 2.75) is 19.3 Å². The van der Waals surface area contributed by atoms with Gasteiger partial charge in [0.15, 0.2) is 17.5 Å². The standard InChI is InChI=1S/C20H24F3N3O3.HI/c1-24-19(25-11-13-6-5-7-15(8-13)20(21,22)23)26-12-14-9-16(27-2)18(29-4)17(10-14)28-3;/h5-10H,11-12H2,1-4H3,(H2,24,25,26);1H. The molecular weight excluding hydrogens is 514 g/mol. The molecule has 0 aliphatic rings. The van der Waals surface area contributed by atoms with E-state index in [4.69, 9.17) is 14.2 Å². The molecule has 0 bridgehead atoms. The number of nitrogens with one attached hydrogen (secondary N) is 2.